The monoisotopic (exact) mass is 638 g/mol. The minimum absolute atomic E-state index is 0.0134. The zero-order valence-electron chi connectivity index (χ0n) is 27.1. The van der Waals surface area contributed by atoms with E-state index in [2.05, 4.69) is 15.6 Å². The van der Waals surface area contributed by atoms with Crippen LogP contribution in [0.5, 0.6) is 0 Å². The Bertz CT molecular complexity index is 1300. The fourth-order valence-electron chi connectivity index (χ4n) is 5.72. The lowest BCUT2D eigenvalue weighted by Crippen LogP contribution is -2.58. The van der Waals surface area contributed by atoms with Gasteiger partial charge in [0.05, 0.1) is 43.0 Å². The molecule has 3 aromatic rings. The maximum absolute atomic E-state index is 14.1. The number of piperidine rings is 1. The van der Waals surface area contributed by atoms with Crippen LogP contribution in [0.3, 0.4) is 0 Å². The highest BCUT2D eigenvalue weighted by Crippen LogP contribution is 2.21. The van der Waals surface area contributed by atoms with Gasteiger partial charge in [0.2, 0.25) is 12.3 Å². The first-order valence-electron chi connectivity index (χ1n) is 16.3. The van der Waals surface area contributed by atoms with Crippen molar-refractivity contribution in [2.75, 3.05) is 13.1 Å². The van der Waals surface area contributed by atoms with Crippen LogP contribution in [0.4, 0.5) is 8.78 Å². The molecule has 1 aliphatic rings. The number of hydrogen-bond acceptors (Lipinski definition) is 6. The second kappa shape index (κ2) is 19.7. The maximum Gasteiger partial charge on any atom is 0.225 e. The van der Waals surface area contributed by atoms with Gasteiger partial charge in [0.15, 0.2) is 0 Å². The highest BCUT2D eigenvalue weighted by atomic mass is 19.1. The Kier molecular flexibility index (Phi) is 15.7. The van der Waals surface area contributed by atoms with Crippen molar-refractivity contribution >= 4 is 12.3 Å². The van der Waals surface area contributed by atoms with Crippen LogP contribution in [0.25, 0.3) is 0 Å². The van der Waals surface area contributed by atoms with Crippen molar-refractivity contribution in [2.24, 2.45) is 5.92 Å². The number of benzene rings is 2. The van der Waals surface area contributed by atoms with Crippen LogP contribution in [0.1, 0.15) is 63.3 Å². The number of carbonyl (C=O) groups excluding carboxylic acids is 2. The van der Waals surface area contributed by atoms with Crippen LogP contribution in [0, 0.1) is 17.6 Å². The number of nitrogens with zero attached hydrogens (tertiary/aromatic N) is 2. The van der Waals surface area contributed by atoms with Crippen LogP contribution in [-0.2, 0) is 33.9 Å². The average Bonchev–Trinajstić information content (AvgIpc) is 3.07. The molecule has 4 rings (SSSR count). The second-order valence-electron chi connectivity index (χ2n) is 11.4. The number of halogens is 2. The molecule has 3 N–H and O–H groups in total. The Morgan fingerprint density at radius 3 is 2.48 bits per heavy atom. The third-order valence-corrected chi connectivity index (χ3v) is 7.95. The summed E-state index contributed by atoms with van der Waals surface area (Å²) in [6.07, 6.45) is 3.64. The van der Waals surface area contributed by atoms with Gasteiger partial charge < -0.3 is 25.4 Å². The van der Waals surface area contributed by atoms with E-state index in [0.29, 0.717) is 50.1 Å². The number of aliphatic hydroxyl groups is 1. The first-order valence-corrected chi connectivity index (χ1v) is 16.3. The van der Waals surface area contributed by atoms with Gasteiger partial charge in [0, 0.05) is 24.8 Å². The fraction of sp³-hybridized carbons (Fsp3) is 0.472. The van der Waals surface area contributed by atoms with E-state index in [0.717, 1.165) is 18.1 Å². The van der Waals surface area contributed by atoms with Gasteiger partial charge in [0.1, 0.15) is 11.6 Å². The molecule has 46 heavy (non-hydrogen) atoms. The molecule has 2 aromatic carbocycles. The molecule has 5 unspecified atom stereocenters. The molecule has 1 aliphatic heterocycles. The molecule has 0 spiro atoms. The van der Waals surface area contributed by atoms with Crippen LogP contribution in [0.2, 0.25) is 0 Å². The third kappa shape index (κ3) is 11.9. The predicted octanol–water partition coefficient (Wildman–Crippen LogP) is 5.19. The lowest BCUT2D eigenvalue weighted by molar-refractivity contribution is -0.129. The minimum Gasteiger partial charge on any atom is -0.389 e. The molecule has 0 bridgehead atoms. The van der Waals surface area contributed by atoms with Gasteiger partial charge >= 0.3 is 0 Å². The Balaban J connectivity index is 0.00000282. The summed E-state index contributed by atoms with van der Waals surface area (Å²) in [6.45, 7) is 7.42. The molecule has 0 radical (unpaired) electrons. The Morgan fingerprint density at radius 1 is 1.11 bits per heavy atom. The normalized spacial score (nSPS) is 18.0. The molecule has 5 atom stereocenters. The Morgan fingerprint density at radius 2 is 1.83 bits per heavy atom. The van der Waals surface area contributed by atoms with Crippen molar-refractivity contribution in [2.45, 2.75) is 90.3 Å². The number of pyridine rings is 1. The average molecular weight is 639 g/mol. The van der Waals surface area contributed by atoms with Crippen LogP contribution >= 0.6 is 0 Å². The molecule has 1 aromatic heterocycles. The molecular formula is C36H48F2N4O4. The number of carbonyl (C=O) groups is 2. The van der Waals surface area contributed by atoms with Gasteiger partial charge in [-0.15, -0.1) is 0 Å². The molecule has 0 saturated carbocycles. The maximum atomic E-state index is 14.1. The van der Waals surface area contributed by atoms with E-state index in [1.54, 1.807) is 12.3 Å². The van der Waals surface area contributed by atoms with Crippen LogP contribution in [-0.4, -0.2) is 64.7 Å². The molecule has 250 valence electrons. The minimum atomic E-state index is -1.08. The van der Waals surface area contributed by atoms with Crippen molar-refractivity contribution in [3.63, 3.8) is 0 Å². The summed E-state index contributed by atoms with van der Waals surface area (Å²) in [4.78, 5) is 31.4. The zero-order chi connectivity index (χ0) is 33.3. The van der Waals surface area contributed by atoms with Gasteiger partial charge in [-0.05, 0) is 67.6 Å². The van der Waals surface area contributed by atoms with Crippen molar-refractivity contribution in [3.05, 3.63) is 101 Å². The second-order valence-corrected chi connectivity index (χ2v) is 11.4. The molecule has 2 heterocycles. The summed E-state index contributed by atoms with van der Waals surface area (Å²) in [7, 11) is 0. The summed E-state index contributed by atoms with van der Waals surface area (Å²) in [5.41, 5.74) is 2.07. The lowest BCUT2D eigenvalue weighted by Gasteiger charge is -2.37. The molecule has 10 heteroatoms. The first kappa shape index (κ1) is 36.7. The molecule has 1 saturated heterocycles. The van der Waals surface area contributed by atoms with E-state index in [1.165, 1.54) is 17.0 Å². The predicted molar refractivity (Wildman–Crippen MR) is 175 cm³/mol. The van der Waals surface area contributed by atoms with Gasteiger partial charge in [-0.3, -0.25) is 14.6 Å². The lowest BCUT2D eigenvalue weighted by atomic mass is 9.89. The van der Waals surface area contributed by atoms with E-state index in [1.807, 2.05) is 63.2 Å². The van der Waals surface area contributed by atoms with E-state index < -0.39 is 35.7 Å². The number of nitrogens with one attached hydrogen (secondary N) is 2. The van der Waals surface area contributed by atoms with E-state index in [-0.39, 0.29) is 31.5 Å². The number of amides is 2. The van der Waals surface area contributed by atoms with E-state index in [9.17, 15) is 23.5 Å². The number of rotatable bonds is 16. The number of aliphatic hydroxyl groups excluding tert-OH is 1. The molecular weight excluding hydrogens is 590 g/mol. The SMILES string of the molecule is CC.CCCC(CN(C=O)Cc1ccccn1)C(=O)NC(Cc1cc(F)cc(F)c1)C(O)C1CC(OCc2ccccc2)CCN1. The number of aromatic nitrogens is 1. The third-order valence-electron chi connectivity index (χ3n) is 7.95. The number of ether oxygens (including phenoxy) is 1. The topological polar surface area (TPSA) is 104 Å². The van der Waals surface area contributed by atoms with Crippen LogP contribution < -0.4 is 10.6 Å². The van der Waals surface area contributed by atoms with Crippen molar-refractivity contribution < 1.29 is 28.2 Å². The smallest absolute Gasteiger partial charge is 0.225 e. The summed E-state index contributed by atoms with van der Waals surface area (Å²) in [6, 6.07) is 17.2. The van der Waals surface area contributed by atoms with E-state index >= 15 is 0 Å². The molecule has 2 amide bonds. The largest absolute Gasteiger partial charge is 0.389 e. The van der Waals surface area contributed by atoms with Crippen LogP contribution in [0.15, 0.2) is 72.9 Å². The molecule has 1 fully saturated rings. The highest BCUT2D eigenvalue weighted by molar-refractivity contribution is 5.79. The van der Waals surface area contributed by atoms with Crippen molar-refractivity contribution in [1.29, 1.82) is 0 Å². The quantitative estimate of drug-likeness (QED) is 0.187. The first-order chi connectivity index (χ1) is 22.3. The van der Waals surface area contributed by atoms with E-state index in [4.69, 9.17) is 4.74 Å². The Labute approximate surface area is 271 Å². The van der Waals surface area contributed by atoms with Gasteiger partial charge in [-0.1, -0.05) is 63.6 Å². The van der Waals surface area contributed by atoms with Crippen molar-refractivity contribution in [3.8, 4) is 0 Å². The van der Waals surface area contributed by atoms with Crippen molar-refractivity contribution in [1.82, 2.24) is 20.5 Å². The number of hydrogen-bond donors (Lipinski definition) is 3. The molecule has 0 aliphatic carbocycles. The van der Waals surface area contributed by atoms with Gasteiger partial charge in [-0.2, -0.15) is 0 Å². The molecule has 8 nitrogen and oxygen atoms in total. The summed E-state index contributed by atoms with van der Waals surface area (Å²) >= 11 is 0. The van der Waals surface area contributed by atoms with Gasteiger partial charge in [0.25, 0.3) is 0 Å². The summed E-state index contributed by atoms with van der Waals surface area (Å²) < 4.78 is 34.4. The fourth-order valence-corrected chi connectivity index (χ4v) is 5.72. The summed E-state index contributed by atoms with van der Waals surface area (Å²) in [5, 5.41) is 17.9. The summed E-state index contributed by atoms with van der Waals surface area (Å²) in [5.74, 6) is -2.36. The Hall–Kier alpha value is -3.73. The highest BCUT2D eigenvalue weighted by Gasteiger charge is 2.35. The zero-order valence-corrected chi connectivity index (χ0v) is 27.1. The van der Waals surface area contributed by atoms with Gasteiger partial charge in [-0.25, -0.2) is 8.78 Å². The standard InChI is InChI=1S/C34H42F2N4O4.C2H6/c1-2-8-26(20-40(23-41)21-29-11-6-7-13-37-29)34(43)39-32(17-25-15-27(35)18-28(36)16-25)33(42)31-19-30(12-14-38-31)44-22-24-9-4-3-5-10-24;1-2/h3-7,9-11,13,15-16,18,23,26,30-33,38,42H,2,8,12,14,17,19-22H2,1H3,(H,39,43);1-2H3.